The fourth-order valence-corrected chi connectivity index (χ4v) is 2.83. The predicted octanol–water partition coefficient (Wildman–Crippen LogP) is 2.68. The number of thioether (sulfide) groups is 1. The first kappa shape index (κ1) is 22.4. The molecule has 4 N–H and O–H groups in total. The minimum Gasteiger partial charge on any atom is -0.480 e. The van der Waals surface area contributed by atoms with Gasteiger partial charge in [-0.3, -0.25) is 0 Å². The summed E-state index contributed by atoms with van der Waals surface area (Å²) in [5, 5.41) is 11.6. The van der Waals surface area contributed by atoms with E-state index in [9.17, 15) is 19.5 Å². The summed E-state index contributed by atoms with van der Waals surface area (Å²) in [6.45, 7) is 5.74. The summed E-state index contributed by atoms with van der Waals surface area (Å²) in [5.41, 5.74) is 6.52. The number of unbranched alkanes of at least 4 members (excludes halogenated alkanes) is 1. The highest BCUT2D eigenvalue weighted by Gasteiger charge is 2.21. The molecule has 1 amide bonds. The molecule has 27 heavy (non-hydrogen) atoms. The number of carbonyl (C=O) groups excluding carboxylic acids is 2. The van der Waals surface area contributed by atoms with Gasteiger partial charge in [0.1, 0.15) is 12.6 Å². The van der Waals surface area contributed by atoms with Crippen LogP contribution >= 0.6 is 11.8 Å². The highest BCUT2D eigenvalue weighted by molar-refractivity contribution is 7.99. The zero-order valence-electron chi connectivity index (χ0n) is 15.1. The molecule has 0 aliphatic rings. The molecule has 0 saturated heterocycles. The van der Waals surface area contributed by atoms with E-state index in [2.05, 4.69) is 11.9 Å². The number of benzene rings is 1. The lowest BCUT2D eigenvalue weighted by molar-refractivity contribution is -0.138. The Kier molecular flexibility index (Phi) is 9.81. The number of esters is 1. The van der Waals surface area contributed by atoms with Crippen LogP contribution in [0.15, 0.2) is 35.7 Å². The highest BCUT2D eigenvalue weighted by Crippen LogP contribution is 2.27. The number of amides is 1. The molecule has 148 valence electrons. The standard InChI is InChI=1S/C18H24N2O6S/c1-3-5-9-26-18(24)20-14(16(21)22)11-27-15-7-6-12(10-13(15)19)17(23)25-8-4-2/h4,6-7,10,14H,2-3,5,8-9,11,19H2,1H3,(H,20,24)(H,21,22)/t14-/m0/s1. The van der Waals surface area contributed by atoms with Crippen molar-refractivity contribution in [3.8, 4) is 0 Å². The maximum absolute atomic E-state index is 11.8. The minimum absolute atomic E-state index is 0.0443. The minimum atomic E-state index is -1.18. The molecule has 9 heteroatoms. The summed E-state index contributed by atoms with van der Waals surface area (Å²) in [6, 6.07) is 3.45. The molecule has 0 bridgehead atoms. The number of aliphatic carboxylic acids is 1. The molecule has 0 radical (unpaired) electrons. The van der Waals surface area contributed by atoms with Gasteiger partial charge in [0.25, 0.3) is 0 Å². The number of alkyl carbamates (subject to hydrolysis) is 1. The van der Waals surface area contributed by atoms with Crippen LogP contribution in [0, 0.1) is 0 Å². The van der Waals surface area contributed by atoms with Crippen LogP contribution in [0.3, 0.4) is 0 Å². The lowest BCUT2D eigenvalue weighted by Crippen LogP contribution is -2.42. The molecule has 1 aromatic rings. The number of hydrogen-bond donors (Lipinski definition) is 3. The third-order valence-corrected chi connectivity index (χ3v) is 4.49. The Morgan fingerprint density at radius 1 is 1.37 bits per heavy atom. The van der Waals surface area contributed by atoms with Crippen LogP contribution in [-0.4, -0.2) is 48.1 Å². The van der Waals surface area contributed by atoms with E-state index in [1.807, 2.05) is 6.92 Å². The smallest absolute Gasteiger partial charge is 0.407 e. The molecule has 1 rings (SSSR count). The van der Waals surface area contributed by atoms with Gasteiger partial charge in [0.05, 0.1) is 12.2 Å². The van der Waals surface area contributed by atoms with Crippen LogP contribution in [0.25, 0.3) is 0 Å². The normalized spacial score (nSPS) is 11.3. The number of nitrogen functional groups attached to an aromatic ring is 1. The molecule has 0 unspecified atom stereocenters. The number of carboxylic acids is 1. The van der Waals surface area contributed by atoms with Crippen LogP contribution in [-0.2, 0) is 14.3 Å². The van der Waals surface area contributed by atoms with Gasteiger partial charge in [-0.15, -0.1) is 11.8 Å². The SMILES string of the molecule is C=CCOC(=O)c1ccc(SC[C@H](NC(=O)OCCCC)C(=O)O)c(N)c1. The molecule has 0 heterocycles. The first-order chi connectivity index (χ1) is 12.9. The molecule has 0 spiro atoms. The van der Waals surface area contributed by atoms with Crippen molar-refractivity contribution in [3.63, 3.8) is 0 Å². The Bertz CT molecular complexity index is 680. The summed E-state index contributed by atoms with van der Waals surface area (Å²) in [7, 11) is 0. The van der Waals surface area contributed by atoms with Crippen LogP contribution in [0.5, 0.6) is 0 Å². The van der Waals surface area contributed by atoms with Gasteiger partial charge in [-0.1, -0.05) is 26.0 Å². The van der Waals surface area contributed by atoms with E-state index in [0.717, 1.165) is 18.2 Å². The van der Waals surface area contributed by atoms with Crippen LogP contribution < -0.4 is 11.1 Å². The maximum atomic E-state index is 11.8. The second-order valence-electron chi connectivity index (χ2n) is 5.48. The summed E-state index contributed by atoms with van der Waals surface area (Å²) in [4.78, 5) is 35.3. The quantitative estimate of drug-likeness (QED) is 0.171. The largest absolute Gasteiger partial charge is 0.480 e. The lowest BCUT2D eigenvalue weighted by Gasteiger charge is -2.15. The monoisotopic (exact) mass is 396 g/mol. The zero-order valence-corrected chi connectivity index (χ0v) is 15.9. The van der Waals surface area contributed by atoms with Gasteiger partial charge in [0.15, 0.2) is 0 Å². The van der Waals surface area contributed by atoms with Crippen molar-refractivity contribution in [2.24, 2.45) is 0 Å². The first-order valence-electron chi connectivity index (χ1n) is 8.35. The van der Waals surface area contributed by atoms with Crippen molar-refractivity contribution in [1.29, 1.82) is 0 Å². The second kappa shape index (κ2) is 11.8. The number of carbonyl (C=O) groups is 3. The van der Waals surface area contributed by atoms with E-state index in [1.165, 1.54) is 18.2 Å². The number of nitrogens with two attached hydrogens (primary N) is 1. The van der Waals surface area contributed by atoms with Crippen molar-refractivity contribution < 1.29 is 29.0 Å². The average Bonchev–Trinajstić information content (AvgIpc) is 2.63. The van der Waals surface area contributed by atoms with Crippen LogP contribution in [0.2, 0.25) is 0 Å². The van der Waals surface area contributed by atoms with Gasteiger partial charge in [-0.25, -0.2) is 14.4 Å². The van der Waals surface area contributed by atoms with Crippen molar-refractivity contribution >= 4 is 35.5 Å². The van der Waals surface area contributed by atoms with Gasteiger partial charge in [0.2, 0.25) is 0 Å². The van der Waals surface area contributed by atoms with Crippen LogP contribution in [0.1, 0.15) is 30.1 Å². The third-order valence-electron chi connectivity index (χ3n) is 3.30. The van der Waals surface area contributed by atoms with Gasteiger partial charge in [-0.05, 0) is 24.6 Å². The van der Waals surface area contributed by atoms with Gasteiger partial charge in [-0.2, -0.15) is 0 Å². The summed E-state index contributed by atoms with van der Waals surface area (Å²) in [6.07, 6.45) is 2.25. The van der Waals surface area contributed by atoms with Crippen molar-refractivity contribution in [3.05, 3.63) is 36.4 Å². The molecule has 1 atom stereocenters. The van der Waals surface area contributed by atoms with E-state index in [4.69, 9.17) is 15.2 Å². The van der Waals surface area contributed by atoms with Gasteiger partial charge >= 0.3 is 18.0 Å². The molecular weight excluding hydrogens is 372 g/mol. The lowest BCUT2D eigenvalue weighted by atomic mass is 10.2. The number of ether oxygens (including phenoxy) is 2. The summed E-state index contributed by atoms with van der Waals surface area (Å²) < 4.78 is 9.83. The Hall–Kier alpha value is -2.68. The van der Waals surface area contributed by atoms with Crippen LogP contribution in [0.4, 0.5) is 10.5 Å². The van der Waals surface area contributed by atoms with E-state index < -0.39 is 24.1 Å². The molecule has 0 saturated carbocycles. The van der Waals surface area contributed by atoms with E-state index in [0.29, 0.717) is 17.0 Å². The molecule has 1 aromatic carbocycles. The Morgan fingerprint density at radius 3 is 2.70 bits per heavy atom. The molecule has 0 aliphatic carbocycles. The van der Waals surface area contributed by atoms with E-state index in [-0.39, 0.29) is 24.5 Å². The van der Waals surface area contributed by atoms with Crippen molar-refractivity contribution in [2.75, 3.05) is 24.7 Å². The van der Waals surface area contributed by atoms with E-state index in [1.54, 1.807) is 6.07 Å². The first-order valence-corrected chi connectivity index (χ1v) is 9.34. The number of carboxylic acid groups (broad SMARTS) is 1. The zero-order chi connectivity index (χ0) is 20.2. The Labute approximate surface area is 162 Å². The number of hydrogen-bond acceptors (Lipinski definition) is 7. The highest BCUT2D eigenvalue weighted by atomic mass is 32.2. The van der Waals surface area contributed by atoms with Crippen molar-refractivity contribution in [1.82, 2.24) is 5.32 Å². The van der Waals surface area contributed by atoms with Gasteiger partial charge < -0.3 is 25.6 Å². The topological polar surface area (TPSA) is 128 Å². The number of rotatable bonds is 11. The number of nitrogens with one attached hydrogen (secondary N) is 1. The van der Waals surface area contributed by atoms with E-state index >= 15 is 0 Å². The summed E-state index contributed by atoms with van der Waals surface area (Å²) in [5.74, 6) is -1.67. The second-order valence-corrected chi connectivity index (χ2v) is 6.54. The summed E-state index contributed by atoms with van der Waals surface area (Å²) >= 11 is 1.15. The molecule has 8 nitrogen and oxygen atoms in total. The average molecular weight is 396 g/mol. The molecule has 0 aliphatic heterocycles. The fourth-order valence-electron chi connectivity index (χ4n) is 1.87. The molecule has 0 fully saturated rings. The maximum Gasteiger partial charge on any atom is 0.407 e. The third kappa shape index (κ3) is 8.04. The van der Waals surface area contributed by atoms with Crippen molar-refractivity contribution in [2.45, 2.75) is 30.7 Å². The predicted molar refractivity (Wildman–Crippen MR) is 103 cm³/mol. The number of anilines is 1. The fraction of sp³-hybridized carbons (Fsp3) is 0.389. The molecule has 0 aromatic heterocycles. The Morgan fingerprint density at radius 2 is 2.11 bits per heavy atom. The van der Waals surface area contributed by atoms with Gasteiger partial charge in [0, 0.05) is 16.3 Å². The Balaban J connectivity index is 2.65. The molecular formula is C18H24N2O6S.